The fourth-order valence-corrected chi connectivity index (χ4v) is 6.10. The van der Waals surface area contributed by atoms with Gasteiger partial charge in [-0.3, -0.25) is 9.69 Å². The van der Waals surface area contributed by atoms with Crippen LogP contribution in [0.15, 0.2) is 41.6 Å². The average molecular weight is 547 g/mol. The molecule has 3 heterocycles. The second kappa shape index (κ2) is 10.1. The summed E-state index contributed by atoms with van der Waals surface area (Å²) in [6.07, 6.45) is 4.26. The smallest absolute Gasteiger partial charge is 0.309 e. The first-order chi connectivity index (χ1) is 19.2. The molecule has 1 spiro atoms. The van der Waals surface area contributed by atoms with Crippen LogP contribution in [0.25, 0.3) is 11.1 Å². The fourth-order valence-electron chi connectivity index (χ4n) is 6.10. The Hall–Kier alpha value is -3.64. The molecule has 0 amide bonds. The SMILES string of the molecule is CC(Oc1cc(CN2CC3(CC(N4CCC(C)(C(=O)O)CC4)=NO3)C2)ccc1-c1cc(C#N)ccc1F)C1CC1. The Balaban J connectivity index is 1.11. The number of nitrogens with zero attached hydrogens (tertiary/aromatic N) is 4. The van der Waals surface area contributed by atoms with Gasteiger partial charge in [-0.25, -0.2) is 4.39 Å². The minimum absolute atomic E-state index is 0.0362. The van der Waals surface area contributed by atoms with Crippen molar-refractivity contribution in [3.63, 3.8) is 0 Å². The van der Waals surface area contributed by atoms with Gasteiger partial charge in [-0.05, 0) is 75.3 Å². The summed E-state index contributed by atoms with van der Waals surface area (Å²) in [5.74, 6) is 0.974. The van der Waals surface area contributed by atoms with Crippen LogP contribution in [-0.2, 0) is 16.2 Å². The number of rotatable bonds is 7. The van der Waals surface area contributed by atoms with Gasteiger partial charge in [0, 0.05) is 43.9 Å². The maximum atomic E-state index is 14.8. The third-order valence-corrected chi connectivity index (χ3v) is 9.03. The Kier molecular flexibility index (Phi) is 6.70. The standard InChI is InChI=1S/C31H35FN4O4/c1-20(23-5-6-23)39-27-14-22(3-7-24(27)25-13-21(16-33)4-8-26(25)32)17-35-18-31(19-35)15-28(34-40-31)36-11-9-30(2,10-12-36)29(37)38/h3-4,7-8,13-14,20,23H,5-6,9-12,15,17-19H2,1-2H3,(H,37,38). The Bertz CT molecular complexity index is 1380. The molecule has 0 bridgehead atoms. The number of oxime groups is 1. The predicted molar refractivity (Wildman–Crippen MR) is 147 cm³/mol. The summed E-state index contributed by atoms with van der Waals surface area (Å²) in [6.45, 7) is 7.44. The highest BCUT2D eigenvalue weighted by Crippen LogP contribution is 2.41. The molecular formula is C31H35FN4O4. The number of carboxylic acid groups (broad SMARTS) is 1. The van der Waals surface area contributed by atoms with E-state index in [1.165, 1.54) is 12.1 Å². The van der Waals surface area contributed by atoms with Crippen molar-refractivity contribution in [1.29, 1.82) is 5.26 Å². The van der Waals surface area contributed by atoms with Crippen molar-refractivity contribution in [2.75, 3.05) is 26.2 Å². The molecule has 2 saturated heterocycles. The molecule has 0 radical (unpaired) electrons. The second-order valence-corrected chi connectivity index (χ2v) is 12.3. The number of carbonyl (C=O) groups is 1. The molecule has 1 atom stereocenters. The number of hydrogen-bond donors (Lipinski definition) is 1. The third-order valence-electron chi connectivity index (χ3n) is 9.03. The first-order valence-corrected chi connectivity index (χ1v) is 14.1. The number of aliphatic carboxylic acids is 1. The highest BCUT2D eigenvalue weighted by molar-refractivity contribution is 5.85. The van der Waals surface area contributed by atoms with Gasteiger partial charge in [-0.1, -0.05) is 17.3 Å². The van der Waals surface area contributed by atoms with Crippen molar-refractivity contribution in [1.82, 2.24) is 9.80 Å². The summed E-state index contributed by atoms with van der Waals surface area (Å²) in [5, 5.41) is 23.2. The molecule has 1 unspecified atom stereocenters. The molecule has 2 aromatic carbocycles. The highest BCUT2D eigenvalue weighted by Gasteiger charge is 2.51. The lowest BCUT2D eigenvalue weighted by Gasteiger charge is -2.45. The molecule has 3 fully saturated rings. The molecule has 210 valence electrons. The third kappa shape index (κ3) is 5.13. The van der Waals surface area contributed by atoms with Gasteiger partial charge >= 0.3 is 5.97 Å². The number of benzene rings is 2. The molecule has 8 nitrogen and oxygen atoms in total. The number of piperidine rings is 1. The summed E-state index contributed by atoms with van der Waals surface area (Å²) in [7, 11) is 0. The first kappa shape index (κ1) is 26.6. The van der Waals surface area contributed by atoms with Gasteiger partial charge in [-0.15, -0.1) is 0 Å². The lowest BCUT2D eigenvalue weighted by Crippen LogP contribution is -2.61. The van der Waals surface area contributed by atoms with Crippen LogP contribution in [0.5, 0.6) is 5.75 Å². The van der Waals surface area contributed by atoms with Crippen molar-refractivity contribution in [2.45, 2.75) is 64.2 Å². The summed E-state index contributed by atoms with van der Waals surface area (Å²) >= 11 is 0. The van der Waals surface area contributed by atoms with Gasteiger partial charge in [0.15, 0.2) is 5.60 Å². The second-order valence-electron chi connectivity index (χ2n) is 12.3. The number of nitriles is 1. The van der Waals surface area contributed by atoms with Gasteiger partial charge < -0.3 is 19.6 Å². The van der Waals surface area contributed by atoms with Gasteiger partial charge in [0.25, 0.3) is 0 Å². The zero-order chi connectivity index (χ0) is 28.1. The fraction of sp³-hybridized carbons (Fsp3) is 0.516. The molecular weight excluding hydrogens is 511 g/mol. The minimum Gasteiger partial charge on any atom is -0.490 e. The molecule has 1 aliphatic carbocycles. The van der Waals surface area contributed by atoms with E-state index in [0.717, 1.165) is 43.8 Å². The van der Waals surface area contributed by atoms with E-state index >= 15 is 0 Å². The van der Waals surface area contributed by atoms with Gasteiger partial charge in [0.1, 0.15) is 17.4 Å². The number of amidine groups is 1. The van der Waals surface area contributed by atoms with Crippen molar-refractivity contribution >= 4 is 11.8 Å². The van der Waals surface area contributed by atoms with Gasteiger partial charge in [0.2, 0.25) is 0 Å². The largest absolute Gasteiger partial charge is 0.490 e. The lowest BCUT2D eigenvalue weighted by atomic mass is 9.80. The van der Waals surface area contributed by atoms with E-state index in [4.69, 9.17) is 9.57 Å². The molecule has 9 heteroatoms. The Morgan fingerprint density at radius 3 is 2.65 bits per heavy atom. The van der Waals surface area contributed by atoms with Gasteiger partial charge in [-0.2, -0.15) is 5.26 Å². The normalized spacial score (nSPS) is 22.1. The van der Waals surface area contributed by atoms with E-state index in [2.05, 4.69) is 27.9 Å². The summed E-state index contributed by atoms with van der Waals surface area (Å²) < 4.78 is 21.2. The zero-order valence-corrected chi connectivity index (χ0v) is 23.0. The van der Waals surface area contributed by atoms with Crippen LogP contribution in [-0.4, -0.2) is 64.6 Å². The van der Waals surface area contributed by atoms with Crippen LogP contribution in [0.3, 0.4) is 0 Å². The van der Waals surface area contributed by atoms with Crippen molar-refractivity contribution in [3.05, 3.63) is 53.3 Å². The van der Waals surface area contributed by atoms with Gasteiger partial charge in [0.05, 0.1) is 29.6 Å². The van der Waals surface area contributed by atoms with E-state index in [0.29, 0.717) is 60.8 Å². The zero-order valence-electron chi connectivity index (χ0n) is 23.0. The summed E-state index contributed by atoms with van der Waals surface area (Å²) in [4.78, 5) is 22.0. The predicted octanol–water partition coefficient (Wildman–Crippen LogP) is 5.02. The lowest BCUT2D eigenvalue weighted by molar-refractivity contribution is -0.150. The number of ether oxygens (including phenoxy) is 1. The maximum absolute atomic E-state index is 14.8. The quantitative estimate of drug-likeness (QED) is 0.521. The van der Waals surface area contributed by atoms with Crippen LogP contribution in [0.2, 0.25) is 0 Å². The number of likely N-dealkylation sites (tertiary alicyclic amines) is 2. The van der Waals surface area contributed by atoms with Crippen LogP contribution >= 0.6 is 0 Å². The van der Waals surface area contributed by atoms with E-state index < -0.39 is 11.4 Å². The van der Waals surface area contributed by atoms with Crippen molar-refractivity contribution in [2.24, 2.45) is 16.5 Å². The average Bonchev–Trinajstić information content (AvgIpc) is 3.69. The van der Waals surface area contributed by atoms with E-state index in [1.54, 1.807) is 6.07 Å². The molecule has 40 heavy (non-hydrogen) atoms. The highest BCUT2D eigenvalue weighted by atomic mass is 19.1. The molecule has 3 aliphatic heterocycles. The van der Waals surface area contributed by atoms with Crippen LogP contribution in [0, 0.1) is 28.5 Å². The Morgan fingerprint density at radius 1 is 1.23 bits per heavy atom. The van der Waals surface area contributed by atoms with Crippen molar-refractivity contribution in [3.8, 4) is 22.9 Å². The van der Waals surface area contributed by atoms with E-state index in [-0.39, 0.29) is 17.5 Å². The Morgan fingerprint density at radius 2 is 1.98 bits per heavy atom. The number of carboxylic acids is 1. The molecule has 2 aromatic rings. The van der Waals surface area contributed by atoms with Crippen molar-refractivity contribution < 1.29 is 23.9 Å². The topological polar surface area (TPSA) is 98.4 Å². The maximum Gasteiger partial charge on any atom is 0.309 e. The molecule has 0 aromatic heterocycles. The monoisotopic (exact) mass is 546 g/mol. The molecule has 1 N–H and O–H groups in total. The molecule has 6 rings (SSSR count). The van der Waals surface area contributed by atoms with Crippen LogP contribution in [0.1, 0.15) is 57.1 Å². The molecule has 4 aliphatic rings. The van der Waals surface area contributed by atoms with E-state index in [1.807, 2.05) is 25.1 Å². The minimum atomic E-state index is -0.729. The van der Waals surface area contributed by atoms with Crippen LogP contribution < -0.4 is 4.74 Å². The Labute approximate surface area is 234 Å². The summed E-state index contributed by atoms with van der Waals surface area (Å²) in [6, 6.07) is 12.4. The first-order valence-electron chi connectivity index (χ1n) is 14.1. The number of hydrogen-bond acceptors (Lipinski definition) is 7. The number of halogens is 1. The van der Waals surface area contributed by atoms with E-state index in [9.17, 15) is 19.6 Å². The molecule has 1 saturated carbocycles. The summed E-state index contributed by atoms with van der Waals surface area (Å²) in [5.41, 5.74) is 1.51. The van der Waals surface area contributed by atoms with Crippen LogP contribution in [0.4, 0.5) is 4.39 Å².